The van der Waals surface area contributed by atoms with Gasteiger partial charge in [-0.1, -0.05) is 129 Å². The minimum absolute atomic E-state index is 0.0123. The molecular weight excluding hydrogens is 659 g/mol. The molecule has 0 aliphatic heterocycles. The summed E-state index contributed by atoms with van der Waals surface area (Å²) in [5, 5.41) is 23.7. The minimum atomic E-state index is -1.46. The predicted octanol–water partition coefficient (Wildman–Crippen LogP) is 10.2. The maximum Gasteiger partial charge on any atom is 0.488 e. The van der Waals surface area contributed by atoms with Crippen molar-refractivity contribution in [3.05, 3.63) is 136 Å². The fourth-order valence-corrected chi connectivity index (χ4v) is 8.51. The zero-order valence-electron chi connectivity index (χ0n) is 27.1. The first-order valence-corrected chi connectivity index (χ1v) is 17.1. The van der Waals surface area contributed by atoms with Crippen molar-refractivity contribution in [2.75, 3.05) is 0 Å². The van der Waals surface area contributed by atoms with Crippen molar-refractivity contribution < 1.29 is 18.9 Å². The molecule has 48 heavy (non-hydrogen) atoms. The molecule has 0 saturated carbocycles. The summed E-state index contributed by atoms with van der Waals surface area (Å²) in [6.07, 6.45) is 0. The van der Waals surface area contributed by atoms with E-state index in [4.69, 9.17) is 8.83 Å². The first-order chi connectivity index (χ1) is 23.1. The molecule has 0 bridgehead atoms. The van der Waals surface area contributed by atoms with Gasteiger partial charge < -0.3 is 18.9 Å². The Bertz CT molecular complexity index is 2620. The van der Waals surface area contributed by atoms with Crippen LogP contribution in [0.3, 0.4) is 0 Å². The van der Waals surface area contributed by atoms with E-state index in [-0.39, 0.29) is 10.8 Å². The molecule has 8 aromatic rings. The number of benzene rings is 6. The quantitative estimate of drug-likeness (QED) is 0.168. The molecule has 6 aromatic carbocycles. The van der Waals surface area contributed by atoms with Crippen molar-refractivity contribution in [2.45, 2.75) is 38.5 Å². The van der Waals surface area contributed by atoms with Crippen molar-refractivity contribution in [3.63, 3.8) is 0 Å². The third-order valence-corrected chi connectivity index (χ3v) is 11.1. The Labute approximate surface area is 286 Å². The van der Waals surface area contributed by atoms with E-state index in [0.29, 0.717) is 5.46 Å². The van der Waals surface area contributed by atoms with Gasteiger partial charge in [0.25, 0.3) is 0 Å². The van der Waals surface area contributed by atoms with E-state index in [2.05, 4.69) is 104 Å². The first kappa shape index (κ1) is 29.5. The third kappa shape index (κ3) is 4.03. The molecule has 2 aliphatic carbocycles. The second kappa shape index (κ2) is 10.2. The lowest BCUT2D eigenvalue weighted by Crippen LogP contribution is -2.31. The first-order valence-electron chi connectivity index (χ1n) is 16.3. The number of furan rings is 2. The van der Waals surface area contributed by atoms with Gasteiger partial charge in [-0.2, -0.15) is 0 Å². The Morgan fingerprint density at radius 1 is 0.521 bits per heavy atom. The van der Waals surface area contributed by atoms with Gasteiger partial charge in [-0.3, -0.25) is 0 Å². The van der Waals surface area contributed by atoms with Crippen LogP contribution in [0.25, 0.3) is 66.1 Å². The summed E-state index contributed by atoms with van der Waals surface area (Å²) in [5.74, 6) is 0. The predicted molar refractivity (Wildman–Crippen MR) is 200 cm³/mol. The molecule has 2 aliphatic rings. The largest absolute Gasteiger partial charge is 0.488 e. The zero-order valence-corrected chi connectivity index (χ0v) is 28.6. The van der Waals surface area contributed by atoms with Gasteiger partial charge in [-0.15, -0.1) is 0 Å². The molecule has 2 heterocycles. The summed E-state index contributed by atoms with van der Waals surface area (Å²) in [5.41, 5.74) is 13.8. The average Bonchev–Trinajstić information content (AvgIpc) is 3.77. The molecule has 6 heteroatoms. The summed E-state index contributed by atoms with van der Waals surface area (Å²) in [7, 11) is -1.46. The fraction of sp³-hybridized carbons (Fsp3) is 0.143. The number of fused-ring (bicyclic) bond motifs is 14. The molecule has 2 aromatic heterocycles. The molecule has 234 valence electrons. The molecule has 2 N–H and O–H groups in total. The Morgan fingerprint density at radius 3 is 1.52 bits per heavy atom. The average molecular weight is 691 g/mol. The summed E-state index contributed by atoms with van der Waals surface area (Å²) < 4.78 is 13.6. The van der Waals surface area contributed by atoms with Crippen LogP contribution in [0.1, 0.15) is 49.9 Å². The SMILES string of the molecule is CC1(C)c2cc(B(O)O)ccc2-c2c1ccc1c2oc2ccccc21.CC1(C)c2cc(Br)ccc2-c2c1ccc1c2oc2ccccc21. The number of hydrogen-bond donors (Lipinski definition) is 2. The van der Waals surface area contributed by atoms with Gasteiger partial charge in [0.2, 0.25) is 0 Å². The highest BCUT2D eigenvalue weighted by atomic mass is 79.9. The van der Waals surface area contributed by atoms with E-state index in [1.807, 2.05) is 42.5 Å². The van der Waals surface area contributed by atoms with Crippen molar-refractivity contribution in [3.8, 4) is 22.3 Å². The van der Waals surface area contributed by atoms with Gasteiger partial charge in [0.05, 0.1) is 0 Å². The molecule has 0 atom stereocenters. The molecule has 4 nitrogen and oxygen atoms in total. The Hall–Kier alpha value is -4.62. The lowest BCUT2D eigenvalue weighted by molar-refractivity contribution is 0.425. The van der Waals surface area contributed by atoms with Crippen molar-refractivity contribution in [2.24, 2.45) is 0 Å². The van der Waals surface area contributed by atoms with E-state index in [1.165, 1.54) is 38.6 Å². The van der Waals surface area contributed by atoms with Crippen LogP contribution in [-0.2, 0) is 10.8 Å². The van der Waals surface area contributed by atoms with Gasteiger partial charge in [0.15, 0.2) is 0 Å². The summed E-state index contributed by atoms with van der Waals surface area (Å²) in [4.78, 5) is 0. The molecule has 0 amide bonds. The van der Waals surface area contributed by atoms with Crippen LogP contribution < -0.4 is 5.46 Å². The highest BCUT2D eigenvalue weighted by Gasteiger charge is 2.39. The van der Waals surface area contributed by atoms with Crippen LogP contribution in [0, 0.1) is 0 Å². The molecule has 0 saturated heterocycles. The van der Waals surface area contributed by atoms with Gasteiger partial charge >= 0.3 is 7.12 Å². The summed E-state index contributed by atoms with van der Waals surface area (Å²) in [6, 6.07) is 37.4. The van der Waals surface area contributed by atoms with Crippen molar-refractivity contribution >= 4 is 72.4 Å². The minimum Gasteiger partial charge on any atom is -0.455 e. The van der Waals surface area contributed by atoms with Crippen molar-refractivity contribution in [1.29, 1.82) is 0 Å². The molecular formula is C42H32BBrO4. The second-order valence-electron chi connectivity index (χ2n) is 14.0. The Balaban J connectivity index is 0.000000131. The Kier molecular flexibility index (Phi) is 6.27. The highest BCUT2D eigenvalue weighted by Crippen LogP contribution is 2.54. The number of hydrogen-bond acceptors (Lipinski definition) is 4. The van der Waals surface area contributed by atoms with Crippen LogP contribution in [-0.4, -0.2) is 17.2 Å². The fourth-order valence-electron chi connectivity index (χ4n) is 8.15. The van der Waals surface area contributed by atoms with Gasteiger partial charge in [0, 0.05) is 48.0 Å². The lowest BCUT2D eigenvalue weighted by atomic mass is 9.75. The number of rotatable bonds is 1. The maximum atomic E-state index is 9.55. The number of para-hydroxylation sites is 2. The highest BCUT2D eigenvalue weighted by molar-refractivity contribution is 9.10. The monoisotopic (exact) mass is 690 g/mol. The topological polar surface area (TPSA) is 66.7 Å². The van der Waals surface area contributed by atoms with Crippen LogP contribution in [0.15, 0.2) is 123 Å². The summed E-state index contributed by atoms with van der Waals surface area (Å²) >= 11 is 3.62. The molecule has 0 spiro atoms. The lowest BCUT2D eigenvalue weighted by Gasteiger charge is -2.21. The standard InChI is InChI=1S/C21H17BO3.C21H15BrO/c1-21(2)16-10-9-14-13-5-3-4-6-18(13)25-20(14)19(16)15-8-7-12(22(23)24)11-17(15)21;1-21(2)16-10-9-14-13-5-3-4-6-18(13)23-20(14)19(16)15-8-7-12(22)11-17(15)21/h3-11,23-24H,1-2H3;3-11H,1-2H3. The summed E-state index contributed by atoms with van der Waals surface area (Å²) in [6.45, 7) is 8.91. The molecule has 0 unspecified atom stereocenters. The molecule has 0 fully saturated rings. The van der Waals surface area contributed by atoms with Gasteiger partial charge in [-0.25, -0.2) is 0 Å². The van der Waals surface area contributed by atoms with E-state index in [0.717, 1.165) is 54.3 Å². The Morgan fingerprint density at radius 2 is 1.00 bits per heavy atom. The zero-order chi connectivity index (χ0) is 33.1. The molecule has 10 rings (SSSR count). The van der Waals surface area contributed by atoms with Crippen LogP contribution in [0.5, 0.6) is 0 Å². The molecule has 0 radical (unpaired) electrons. The number of halogens is 1. The van der Waals surface area contributed by atoms with Gasteiger partial charge in [0.1, 0.15) is 22.3 Å². The smallest absolute Gasteiger partial charge is 0.455 e. The van der Waals surface area contributed by atoms with Crippen molar-refractivity contribution in [1.82, 2.24) is 0 Å². The normalized spacial score (nSPS) is 14.9. The van der Waals surface area contributed by atoms with E-state index >= 15 is 0 Å². The third-order valence-electron chi connectivity index (χ3n) is 10.6. The van der Waals surface area contributed by atoms with E-state index < -0.39 is 7.12 Å². The second-order valence-corrected chi connectivity index (χ2v) is 15.0. The van der Waals surface area contributed by atoms with Crippen LogP contribution in [0.4, 0.5) is 0 Å². The van der Waals surface area contributed by atoms with E-state index in [1.54, 1.807) is 6.07 Å². The van der Waals surface area contributed by atoms with Gasteiger partial charge in [-0.05, 0) is 63.1 Å². The van der Waals surface area contributed by atoms with E-state index in [9.17, 15) is 10.0 Å². The van der Waals surface area contributed by atoms with Crippen LogP contribution in [0.2, 0.25) is 0 Å². The van der Waals surface area contributed by atoms with Crippen LogP contribution >= 0.6 is 15.9 Å². The maximum absolute atomic E-state index is 9.55.